The van der Waals surface area contributed by atoms with E-state index in [1.54, 1.807) is 26.0 Å². The van der Waals surface area contributed by atoms with Gasteiger partial charge in [0.1, 0.15) is 5.75 Å². The number of carbonyl (C=O) groups is 1. The fourth-order valence-electron chi connectivity index (χ4n) is 1.68. The molecule has 0 aliphatic rings. The molecule has 1 aromatic rings. The van der Waals surface area contributed by atoms with Gasteiger partial charge in [0.05, 0.1) is 4.90 Å². The van der Waals surface area contributed by atoms with Gasteiger partial charge in [-0.05, 0) is 37.5 Å². The van der Waals surface area contributed by atoms with Crippen LogP contribution in [0.15, 0.2) is 23.1 Å². The summed E-state index contributed by atoms with van der Waals surface area (Å²) >= 11 is 0. The Balaban J connectivity index is 3.07. The molecule has 0 saturated carbocycles. The van der Waals surface area contributed by atoms with Crippen molar-refractivity contribution >= 4 is 15.6 Å². The van der Waals surface area contributed by atoms with Crippen molar-refractivity contribution in [2.45, 2.75) is 39.0 Å². The van der Waals surface area contributed by atoms with Gasteiger partial charge >= 0.3 is 0 Å². The quantitative estimate of drug-likeness (QED) is 0.825. The Bertz CT molecular complexity index is 544. The number of rotatable bonds is 5. The van der Waals surface area contributed by atoms with E-state index in [2.05, 4.69) is 0 Å². The van der Waals surface area contributed by atoms with Gasteiger partial charge in [0.2, 0.25) is 0 Å². The highest BCUT2D eigenvalue weighted by atomic mass is 32.2. The van der Waals surface area contributed by atoms with E-state index >= 15 is 0 Å². The zero-order valence-corrected chi connectivity index (χ0v) is 12.2. The summed E-state index contributed by atoms with van der Waals surface area (Å²) in [6.07, 6.45) is 0.668. The molecule has 1 aromatic carbocycles. The van der Waals surface area contributed by atoms with Crippen molar-refractivity contribution in [3.05, 3.63) is 29.3 Å². The van der Waals surface area contributed by atoms with Crippen molar-refractivity contribution in [2.24, 2.45) is 5.92 Å². The third-order valence-corrected chi connectivity index (χ3v) is 4.95. The summed E-state index contributed by atoms with van der Waals surface area (Å²) in [6, 6.07) is 5.27. The Labute approximate surface area is 109 Å². The first-order valence-electron chi connectivity index (χ1n) is 6.10. The lowest BCUT2D eigenvalue weighted by molar-refractivity contribution is -0.119. The maximum Gasteiger partial charge on any atom is 0.185 e. The van der Waals surface area contributed by atoms with Crippen LogP contribution in [0.1, 0.15) is 31.4 Å². The number of sulfone groups is 1. The molecule has 0 N–H and O–H groups in total. The second-order valence-corrected chi connectivity index (χ2v) is 6.76. The second kappa shape index (κ2) is 5.65. The van der Waals surface area contributed by atoms with Crippen molar-refractivity contribution in [2.75, 3.05) is 5.75 Å². The predicted molar refractivity (Wildman–Crippen MR) is 72.4 cm³/mol. The average molecular weight is 268 g/mol. The van der Waals surface area contributed by atoms with Gasteiger partial charge in [-0.2, -0.15) is 0 Å². The van der Waals surface area contributed by atoms with Gasteiger partial charge in [-0.1, -0.05) is 26.0 Å². The van der Waals surface area contributed by atoms with E-state index in [9.17, 15) is 13.2 Å². The number of ketones is 1. The molecule has 0 aromatic heterocycles. The molecule has 0 aliphatic carbocycles. The van der Waals surface area contributed by atoms with Crippen LogP contribution in [0.25, 0.3) is 0 Å². The van der Waals surface area contributed by atoms with Gasteiger partial charge < -0.3 is 0 Å². The topological polar surface area (TPSA) is 51.2 Å². The summed E-state index contributed by atoms with van der Waals surface area (Å²) in [6.45, 7) is 7.24. The SMILES string of the molecule is CCC(C)C(=O)CS(=O)(=O)c1cc(C)ccc1C. The van der Waals surface area contributed by atoms with Crippen molar-refractivity contribution in [3.8, 4) is 0 Å². The van der Waals surface area contributed by atoms with Gasteiger partial charge in [-0.25, -0.2) is 8.42 Å². The number of Topliss-reactive ketones (excluding diaryl/α,β-unsaturated/α-hetero) is 1. The number of hydrogen-bond donors (Lipinski definition) is 0. The second-order valence-electron chi connectivity index (χ2n) is 4.80. The lowest BCUT2D eigenvalue weighted by atomic mass is 10.1. The van der Waals surface area contributed by atoms with Crippen LogP contribution in [-0.2, 0) is 14.6 Å². The van der Waals surface area contributed by atoms with Crippen LogP contribution in [0.2, 0.25) is 0 Å². The zero-order chi connectivity index (χ0) is 13.9. The van der Waals surface area contributed by atoms with Gasteiger partial charge in [-0.3, -0.25) is 4.79 Å². The van der Waals surface area contributed by atoms with Crippen LogP contribution in [0.3, 0.4) is 0 Å². The van der Waals surface area contributed by atoms with E-state index in [1.807, 2.05) is 19.9 Å². The van der Waals surface area contributed by atoms with Crippen molar-refractivity contribution in [1.82, 2.24) is 0 Å². The molecule has 0 bridgehead atoms. The molecular formula is C14H20O3S. The molecule has 0 fully saturated rings. The smallest absolute Gasteiger partial charge is 0.185 e. The van der Waals surface area contributed by atoms with Crippen LogP contribution in [0.4, 0.5) is 0 Å². The van der Waals surface area contributed by atoms with E-state index in [4.69, 9.17) is 0 Å². The Hall–Kier alpha value is -1.16. The van der Waals surface area contributed by atoms with Gasteiger partial charge in [0.25, 0.3) is 0 Å². The maximum absolute atomic E-state index is 12.2. The lowest BCUT2D eigenvalue weighted by Crippen LogP contribution is -2.22. The highest BCUT2D eigenvalue weighted by Crippen LogP contribution is 2.19. The molecule has 3 nitrogen and oxygen atoms in total. The highest BCUT2D eigenvalue weighted by Gasteiger charge is 2.23. The van der Waals surface area contributed by atoms with E-state index in [0.29, 0.717) is 12.0 Å². The molecular weight excluding hydrogens is 248 g/mol. The van der Waals surface area contributed by atoms with Crippen LogP contribution >= 0.6 is 0 Å². The number of hydrogen-bond acceptors (Lipinski definition) is 3. The molecule has 0 radical (unpaired) electrons. The summed E-state index contributed by atoms with van der Waals surface area (Å²) in [5.41, 5.74) is 1.58. The van der Waals surface area contributed by atoms with E-state index in [0.717, 1.165) is 5.56 Å². The molecule has 100 valence electrons. The molecule has 4 heteroatoms. The molecule has 0 saturated heterocycles. The first-order valence-corrected chi connectivity index (χ1v) is 7.76. The predicted octanol–water partition coefficient (Wildman–Crippen LogP) is 2.69. The fraction of sp³-hybridized carbons (Fsp3) is 0.500. The first kappa shape index (κ1) is 14.9. The molecule has 0 aliphatic heterocycles. The molecule has 0 amide bonds. The van der Waals surface area contributed by atoms with Crippen molar-refractivity contribution in [3.63, 3.8) is 0 Å². The summed E-state index contributed by atoms with van der Waals surface area (Å²) in [5, 5.41) is 0. The van der Waals surface area contributed by atoms with Crippen LogP contribution in [-0.4, -0.2) is 20.0 Å². The van der Waals surface area contributed by atoms with Gasteiger partial charge in [0, 0.05) is 5.92 Å². The highest BCUT2D eigenvalue weighted by molar-refractivity contribution is 7.92. The van der Waals surface area contributed by atoms with E-state index in [1.165, 1.54) is 0 Å². The van der Waals surface area contributed by atoms with Gasteiger partial charge in [0.15, 0.2) is 15.6 Å². The third kappa shape index (κ3) is 3.42. The molecule has 1 rings (SSSR count). The Morgan fingerprint density at radius 3 is 2.44 bits per heavy atom. The number of aryl methyl sites for hydroxylation is 2. The van der Waals surface area contributed by atoms with Crippen LogP contribution in [0, 0.1) is 19.8 Å². The normalized spacial score (nSPS) is 13.3. The van der Waals surface area contributed by atoms with Crippen LogP contribution < -0.4 is 0 Å². The Kier molecular flexibility index (Phi) is 4.68. The summed E-state index contributed by atoms with van der Waals surface area (Å²) in [5.74, 6) is -0.810. The third-order valence-electron chi connectivity index (χ3n) is 3.17. The zero-order valence-electron chi connectivity index (χ0n) is 11.4. The first-order chi connectivity index (χ1) is 8.27. The number of carbonyl (C=O) groups excluding carboxylic acids is 1. The van der Waals surface area contributed by atoms with Crippen molar-refractivity contribution < 1.29 is 13.2 Å². The molecule has 1 atom stereocenters. The van der Waals surface area contributed by atoms with E-state index < -0.39 is 15.6 Å². The monoisotopic (exact) mass is 268 g/mol. The summed E-state index contributed by atoms with van der Waals surface area (Å²) in [4.78, 5) is 12.1. The lowest BCUT2D eigenvalue weighted by Gasteiger charge is -2.10. The molecule has 0 heterocycles. The molecule has 0 spiro atoms. The molecule has 1 unspecified atom stereocenters. The Morgan fingerprint density at radius 1 is 1.28 bits per heavy atom. The Morgan fingerprint density at radius 2 is 1.89 bits per heavy atom. The van der Waals surface area contributed by atoms with Crippen LogP contribution in [0.5, 0.6) is 0 Å². The number of benzene rings is 1. The molecule has 18 heavy (non-hydrogen) atoms. The van der Waals surface area contributed by atoms with Gasteiger partial charge in [-0.15, -0.1) is 0 Å². The average Bonchev–Trinajstić information content (AvgIpc) is 2.30. The minimum absolute atomic E-state index is 0.204. The minimum Gasteiger partial charge on any atom is -0.298 e. The maximum atomic E-state index is 12.2. The fourth-order valence-corrected chi connectivity index (χ4v) is 3.42. The standard InChI is InChI=1S/C14H20O3S/c1-5-11(3)13(15)9-18(16,17)14-8-10(2)6-7-12(14)4/h6-8,11H,5,9H2,1-4H3. The minimum atomic E-state index is -3.52. The summed E-state index contributed by atoms with van der Waals surface area (Å²) < 4.78 is 24.4. The van der Waals surface area contributed by atoms with Crippen molar-refractivity contribution in [1.29, 1.82) is 0 Å². The summed E-state index contributed by atoms with van der Waals surface area (Å²) in [7, 11) is -3.52. The van der Waals surface area contributed by atoms with E-state index in [-0.39, 0.29) is 16.6 Å². The largest absolute Gasteiger partial charge is 0.298 e.